The Morgan fingerprint density at radius 2 is 2.00 bits per heavy atom. The Kier molecular flexibility index (Phi) is 4.00. The molecule has 0 aliphatic carbocycles. The van der Waals surface area contributed by atoms with Crippen molar-refractivity contribution in [1.29, 1.82) is 0 Å². The highest BCUT2D eigenvalue weighted by atomic mass is 16.5. The molecule has 1 N–H and O–H groups in total. The number of aliphatic hydroxyl groups excluding tert-OH is 1. The summed E-state index contributed by atoms with van der Waals surface area (Å²) in [5, 5.41) is 9.00. The average molecular weight is 213 g/mol. The molecule has 15 heavy (non-hydrogen) atoms. The Bertz CT molecular complexity index is 198. The van der Waals surface area contributed by atoms with Gasteiger partial charge in [-0.25, -0.2) is 0 Å². The van der Waals surface area contributed by atoms with E-state index in [0.717, 1.165) is 25.4 Å². The number of rotatable bonds is 3. The fraction of sp³-hybridized carbons (Fsp3) is 1.00. The smallest absolute Gasteiger partial charge is 0.0811 e. The summed E-state index contributed by atoms with van der Waals surface area (Å²) in [6.45, 7) is 4.80. The quantitative estimate of drug-likeness (QED) is 0.769. The van der Waals surface area contributed by atoms with E-state index in [1.54, 1.807) is 0 Å². The summed E-state index contributed by atoms with van der Waals surface area (Å²) >= 11 is 0. The summed E-state index contributed by atoms with van der Waals surface area (Å²) in [5.41, 5.74) is 0. The van der Waals surface area contributed by atoms with Gasteiger partial charge in [0.15, 0.2) is 0 Å². The maximum atomic E-state index is 9.00. The highest BCUT2D eigenvalue weighted by Gasteiger charge is 2.28. The lowest BCUT2D eigenvalue weighted by Crippen LogP contribution is -2.42. The first kappa shape index (κ1) is 11.4. The monoisotopic (exact) mass is 213 g/mol. The van der Waals surface area contributed by atoms with Crippen LogP contribution in [0.15, 0.2) is 0 Å². The van der Waals surface area contributed by atoms with Crippen LogP contribution in [0.4, 0.5) is 0 Å². The van der Waals surface area contributed by atoms with Gasteiger partial charge in [0.1, 0.15) is 0 Å². The molecule has 2 saturated heterocycles. The molecule has 0 aromatic rings. The van der Waals surface area contributed by atoms with E-state index in [1.165, 1.54) is 25.8 Å². The van der Waals surface area contributed by atoms with Crippen molar-refractivity contribution in [2.45, 2.75) is 57.3 Å². The Hall–Kier alpha value is -0.120. The number of hydrogen-bond acceptors (Lipinski definition) is 3. The summed E-state index contributed by atoms with van der Waals surface area (Å²) in [7, 11) is 0. The molecule has 0 saturated carbocycles. The minimum absolute atomic E-state index is 0.107. The van der Waals surface area contributed by atoms with Gasteiger partial charge in [0.05, 0.1) is 18.8 Å². The fourth-order valence-electron chi connectivity index (χ4n) is 2.74. The zero-order valence-electron chi connectivity index (χ0n) is 9.69. The first-order valence-corrected chi connectivity index (χ1v) is 6.30. The standard InChI is InChI=1S/C12H23NO2/c1-10-4-2-3-7-13(10)8-11-5-6-12(9-14)15-11/h10-12,14H,2-9H2,1H3/t10?,11-,12+/m0/s1. The first-order chi connectivity index (χ1) is 7.29. The van der Waals surface area contributed by atoms with Crippen LogP contribution in [-0.2, 0) is 4.74 Å². The molecule has 1 unspecified atom stereocenters. The van der Waals surface area contributed by atoms with Crippen molar-refractivity contribution in [3.05, 3.63) is 0 Å². The molecule has 0 amide bonds. The molecule has 2 heterocycles. The molecule has 3 heteroatoms. The average Bonchev–Trinajstić information content (AvgIpc) is 2.69. The molecule has 3 atom stereocenters. The number of ether oxygens (including phenoxy) is 1. The Balaban J connectivity index is 1.76. The van der Waals surface area contributed by atoms with Gasteiger partial charge >= 0.3 is 0 Å². The van der Waals surface area contributed by atoms with E-state index in [1.807, 2.05) is 0 Å². The lowest BCUT2D eigenvalue weighted by molar-refractivity contribution is -0.0123. The van der Waals surface area contributed by atoms with Crippen LogP contribution < -0.4 is 0 Å². The van der Waals surface area contributed by atoms with Crippen molar-refractivity contribution >= 4 is 0 Å². The molecular weight excluding hydrogens is 190 g/mol. The summed E-state index contributed by atoms with van der Waals surface area (Å²) in [6.07, 6.45) is 6.66. The van der Waals surface area contributed by atoms with Gasteiger partial charge in [-0.3, -0.25) is 4.90 Å². The van der Waals surface area contributed by atoms with Crippen molar-refractivity contribution in [2.75, 3.05) is 19.7 Å². The molecule has 2 rings (SSSR count). The first-order valence-electron chi connectivity index (χ1n) is 6.30. The second-order valence-electron chi connectivity index (χ2n) is 4.98. The third-order valence-electron chi connectivity index (χ3n) is 3.78. The Morgan fingerprint density at radius 3 is 2.67 bits per heavy atom. The van der Waals surface area contributed by atoms with E-state index in [-0.39, 0.29) is 12.7 Å². The van der Waals surface area contributed by atoms with Crippen LogP contribution >= 0.6 is 0 Å². The molecular formula is C12H23NO2. The predicted molar refractivity (Wildman–Crippen MR) is 59.9 cm³/mol. The van der Waals surface area contributed by atoms with Gasteiger partial charge in [0.2, 0.25) is 0 Å². The Morgan fingerprint density at radius 1 is 1.20 bits per heavy atom. The van der Waals surface area contributed by atoms with Crippen LogP contribution in [0.5, 0.6) is 0 Å². The van der Waals surface area contributed by atoms with Gasteiger partial charge in [0.25, 0.3) is 0 Å². The molecule has 2 aliphatic rings. The minimum Gasteiger partial charge on any atom is -0.394 e. The summed E-state index contributed by atoms with van der Waals surface area (Å²) in [6, 6.07) is 0.718. The van der Waals surface area contributed by atoms with Crippen molar-refractivity contribution in [1.82, 2.24) is 4.90 Å². The van der Waals surface area contributed by atoms with Gasteiger partial charge in [-0.15, -0.1) is 0 Å². The largest absolute Gasteiger partial charge is 0.394 e. The molecule has 0 radical (unpaired) electrons. The van der Waals surface area contributed by atoms with Crippen molar-refractivity contribution < 1.29 is 9.84 Å². The van der Waals surface area contributed by atoms with Crippen LogP contribution in [0.2, 0.25) is 0 Å². The van der Waals surface area contributed by atoms with Crippen LogP contribution in [0, 0.1) is 0 Å². The van der Waals surface area contributed by atoms with Crippen LogP contribution in [-0.4, -0.2) is 48.0 Å². The molecule has 0 aromatic heterocycles. The lowest BCUT2D eigenvalue weighted by atomic mass is 10.0. The van der Waals surface area contributed by atoms with Gasteiger partial charge in [-0.2, -0.15) is 0 Å². The number of aliphatic hydroxyl groups is 1. The molecule has 2 fully saturated rings. The van der Waals surface area contributed by atoms with E-state index in [4.69, 9.17) is 9.84 Å². The van der Waals surface area contributed by atoms with Crippen LogP contribution in [0.1, 0.15) is 39.0 Å². The van der Waals surface area contributed by atoms with Crippen molar-refractivity contribution in [2.24, 2.45) is 0 Å². The van der Waals surface area contributed by atoms with Crippen LogP contribution in [0.3, 0.4) is 0 Å². The van der Waals surface area contributed by atoms with E-state index in [2.05, 4.69) is 11.8 Å². The second kappa shape index (κ2) is 5.28. The highest BCUT2D eigenvalue weighted by Crippen LogP contribution is 2.23. The third kappa shape index (κ3) is 2.92. The van der Waals surface area contributed by atoms with Gasteiger partial charge < -0.3 is 9.84 Å². The van der Waals surface area contributed by atoms with E-state index in [0.29, 0.717) is 6.10 Å². The van der Waals surface area contributed by atoms with E-state index < -0.39 is 0 Å². The molecule has 0 spiro atoms. The van der Waals surface area contributed by atoms with Gasteiger partial charge in [-0.05, 0) is 39.2 Å². The maximum absolute atomic E-state index is 9.00. The van der Waals surface area contributed by atoms with E-state index in [9.17, 15) is 0 Å². The number of hydrogen-bond donors (Lipinski definition) is 1. The normalized spacial score (nSPS) is 38.4. The SMILES string of the molecule is CC1CCCCN1C[C@@H]1CC[C@H](CO)O1. The summed E-state index contributed by atoms with van der Waals surface area (Å²) in [4.78, 5) is 2.55. The van der Waals surface area contributed by atoms with Crippen molar-refractivity contribution in [3.63, 3.8) is 0 Å². The fourth-order valence-corrected chi connectivity index (χ4v) is 2.74. The van der Waals surface area contributed by atoms with E-state index >= 15 is 0 Å². The second-order valence-corrected chi connectivity index (χ2v) is 4.98. The lowest BCUT2D eigenvalue weighted by Gasteiger charge is -2.34. The van der Waals surface area contributed by atoms with Gasteiger partial charge in [0, 0.05) is 12.6 Å². The van der Waals surface area contributed by atoms with Gasteiger partial charge in [-0.1, -0.05) is 6.42 Å². The zero-order valence-corrected chi connectivity index (χ0v) is 9.69. The van der Waals surface area contributed by atoms with Crippen LogP contribution in [0.25, 0.3) is 0 Å². The summed E-state index contributed by atoms with van der Waals surface area (Å²) < 4.78 is 5.77. The molecule has 88 valence electrons. The highest BCUT2D eigenvalue weighted by molar-refractivity contribution is 4.80. The molecule has 3 nitrogen and oxygen atoms in total. The van der Waals surface area contributed by atoms with Crippen molar-refractivity contribution in [3.8, 4) is 0 Å². The number of nitrogens with zero attached hydrogens (tertiary/aromatic N) is 1. The topological polar surface area (TPSA) is 32.7 Å². The zero-order chi connectivity index (χ0) is 10.7. The predicted octanol–water partition coefficient (Wildman–Crippen LogP) is 1.40. The maximum Gasteiger partial charge on any atom is 0.0811 e. The summed E-state index contributed by atoms with van der Waals surface area (Å²) in [5.74, 6) is 0. The molecule has 2 aliphatic heterocycles. The molecule has 0 aromatic carbocycles. The minimum atomic E-state index is 0.107. The third-order valence-corrected chi connectivity index (χ3v) is 3.78. The molecule has 0 bridgehead atoms. The number of piperidine rings is 1. The Labute approximate surface area is 92.4 Å². The number of likely N-dealkylation sites (tertiary alicyclic amines) is 1.